The Morgan fingerprint density at radius 3 is 2.18 bits per heavy atom. The maximum Gasteiger partial charge on any atom is 0.321 e. The molecule has 0 amide bonds. The fourth-order valence-electron chi connectivity index (χ4n) is 0.840. The summed E-state index contributed by atoms with van der Waals surface area (Å²) in [5.41, 5.74) is 0. The van der Waals surface area contributed by atoms with E-state index in [1.54, 1.807) is 0 Å². The highest BCUT2D eigenvalue weighted by molar-refractivity contribution is 6.44. The third-order valence-corrected chi connectivity index (χ3v) is 3.53. The van der Waals surface area contributed by atoms with Gasteiger partial charge in [0.05, 0.1) is 0 Å². The van der Waals surface area contributed by atoms with E-state index in [1.165, 1.54) is 0 Å². The largest absolute Gasteiger partial charge is 0.397 e. The van der Waals surface area contributed by atoms with E-state index in [4.69, 9.17) is 8.85 Å². The summed E-state index contributed by atoms with van der Waals surface area (Å²) in [4.78, 5) is 0. The van der Waals surface area contributed by atoms with E-state index in [9.17, 15) is 0 Å². The van der Waals surface area contributed by atoms with Crippen LogP contribution in [0.3, 0.4) is 0 Å². The third-order valence-electron chi connectivity index (χ3n) is 1.31. The summed E-state index contributed by atoms with van der Waals surface area (Å²) in [5.74, 6) is 0. The van der Waals surface area contributed by atoms with Gasteiger partial charge >= 0.3 is 9.28 Å². The second-order valence-electron chi connectivity index (χ2n) is 2.21. The Balaban J connectivity index is 3.41. The fourth-order valence-corrected chi connectivity index (χ4v) is 2.52. The molecule has 0 aliphatic rings. The first kappa shape index (κ1) is 10.9. The van der Waals surface area contributed by atoms with E-state index in [0.717, 1.165) is 25.7 Å². The molecule has 0 rings (SSSR count). The van der Waals surface area contributed by atoms with Crippen LogP contribution < -0.4 is 0 Å². The van der Waals surface area contributed by atoms with Crippen molar-refractivity contribution in [2.45, 2.75) is 26.3 Å². The SMILES string of the molecule is C=CCC[SiH](OCC)OCC. The summed E-state index contributed by atoms with van der Waals surface area (Å²) in [6.45, 7) is 9.22. The van der Waals surface area contributed by atoms with Crippen molar-refractivity contribution in [2.24, 2.45) is 0 Å². The van der Waals surface area contributed by atoms with Crippen molar-refractivity contribution in [3.05, 3.63) is 12.7 Å². The Bertz CT molecular complexity index is 90.1. The van der Waals surface area contributed by atoms with Crippen molar-refractivity contribution >= 4 is 9.28 Å². The van der Waals surface area contributed by atoms with Crippen molar-refractivity contribution in [3.8, 4) is 0 Å². The molecule has 0 aliphatic heterocycles. The Kier molecular flexibility index (Phi) is 7.89. The maximum atomic E-state index is 5.45. The lowest BCUT2D eigenvalue weighted by Gasteiger charge is -2.12. The van der Waals surface area contributed by atoms with Gasteiger partial charge in [-0.25, -0.2) is 0 Å². The first-order valence-electron chi connectivity index (χ1n) is 4.19. The van der Waals surface area contributed by atoms with E-state index in [1.807, 2.05) is 19.9 Å². The third kappa shape index (κ3) is 6.28. The van der Waals surface area contributed by atoms with Crippen LogP contribution in [0.4, 0.5) is 0 Å². The molecule has 0 spiro atoms. The zero-order valence-electron chi connectivity index (χ0n) is 7.51. The zero-order chi connectivity index (χ0) is 8.53. The summed E-state index contributed by atoms with van der Waals surface area (Å²) in [6.07, 6.45) is 2.93. The monoisotopic (exact) mass is 174 g/mol. The highest BCUT2D eigenvalue weighted by atomic mass is 28.3. The lowest BCUT2D eigenvalue weighted by atomic mass is 10.5. The van der Waals surface area contributed by atoms with Crippen molar-refractivity contribution in [3.63, 3.8) is 0 Å². The van der Waals surface area contributed by atoms with Crippen molar-refractivity contribution in [2.75, 3.05) is 13.2 Å². The average Bonchev–Trinajstić information content (AvgIpc) is 2.01. The number of hydrogen-bond donors (Lipinski definition) is 0. The molecule has 0 aromatic carbocycles. The number of allylic oxidation sites excluding steroid dienone is 1. The molecule has 0 atom stereocenters. The van der Waals surface area contributed by atoms with E-state index >= 15 is 0 Å². The second kappa shape index (κ2) is 7.98. The van der Waals surface area contributed by atoms with Crippen molar-refractivity contribution in [1.82, 2.24) is 0 Å². The smallest absolute Gasteiger partial charge is 0.321 e. The van der Waals surface area contributed by atoms with Crippen LogP contribution in [0.25, 0.3) is 0 Å². The van der Waals surface area contributed by atoms with Gasteiger partial charge in [-0.15, -0.1) is 6.58 Å². The van der Waals surface area contributed by atoms with Crippen LogP contribution in [-0.2, 0) is 8.85 Å². The molecule has 0 bridgehead atoms. The van der Waals surface area contributed by atoms with Gasteiger partial charge < -0.3 is 8.85 Å². The molecule has 0 fully saturated rings. The molecule has 2 nitrogen and oxygen atoms in total. The summed E-state index contributed by atoms with van der Waals surface area (Å²) >= 11 is 0. The summed E-state index contributed by atoms with van der Waals surface area (Å²) < 4.78 is 10.9. The molecule has 0 aliphatic carbocycles. The van der Waals surface area contributed by atoms with Gasteiger partial charge in [-0.05, 0) is 26.3 Å². The minimum atomic E-state index is -1.32. The number of hydrogen-bond acceptors (Lipinski definition) is 2. The van der Waals surface area contributed by atoms with Crippen LogP contribution in [0.1, 0.15) is 20.3 Å². The molecular formula is C8H18O2Si. The van der Waals surface area contributed by atoms with Gasteiger partial charge in [-0.1, -0.05) is 6.08 Å². The van der Waals surface area contributed by atoms with E-state index in [-0.39, 0.29) is 0 Å². The zero-order valence-corrected chi connectivity index (χ0v) is 8.66. The van der Waals surface area contributed by atoms with E-state index in [0.29, 0.717) is 0 Å². The lowest BCUT2D eigenvalue weighted by molar-refractivity contribution is 0.213. The maximum absolute atomic E-state index is 5.45. The summed E-state index contributed by atoms with van der Waals surface area (Å²) in [6, 6.07) is 1.05. The molecular weight excluding hydrogens is 156 g/mol. The molecule has 11 heavy (non-hydrogen) atoms. The van der Waals surface area contributed by atoms with Crippen molar-refractivity contribution < 1.29 is 8.85 Å². The van der Waals surface area contributed by atoms with E-state index in [2.05, 4.69) is 6.58 Å². The Morgan fingerprint density at radius 1 is 1.27 bits per heavy atom. The van der Waals surface area contributed by atoms with Crippen molar-refractivity contribution in [1.29, 1.82) is 0 Å². The molecule has 0 radical (unpaired) electrons. The predicted octanol–water partition coefficient (Wildman–Crippen LogP) is 1.86. The topological polar surface area (TPSA) is 18.5 Å². The van der Waals surface area contributed by atoms with Gasteiger partial charge in [0.25, 0.3) is 0 Å². The quantitative estimate of drug-likeness (QED) is 0.433. The molecule has 3 heteroatoms. The van der Waals surface area contributed by atoms with Gasteiger partial charge in [0.1, 0.15) is 0 Å². The minimum absolute atomic E-state index is 0.772. The molecule has 0 N–H and O–H groups in total. The van der Waals surface area contributed by atoms with Crippen LogP contribution in [0.15, 0.2) is 12.7 Å². The second-order valence-corrected chi connectivity index (χ2v) is 4.31. The molecule has 0 aromatic heterocycles. The Morgan fingerprint density at radius 2 is 1.82 bits per heavy atom. The average molecular weight is 174 g/mol. The summed E-state index contributed by atoms with van der Waals surface area (Å²) in [5, 5.41) is 0. The Hall–Kier alpha value is -0.123. The van der Waals surface area contributed by atoms with Crippen LogP contribution in [0.2, 0.25) is 6.04 Å². The predicted molar refractivity (Wildman–Crippen MR) is 50.0 cm³/mol. The van der Waals surface area contributed by atoms with Crippen LogP contribution in [-0.4, -0.2) is 22.5 Å². The molecule has 0 aromatic rings. The van der Waals surface area contributed by atoms with E-state index < -0.39 is 9.28 Å². The molecule has 0 saturated carbocycles. The molecule has 66 valence electrons. The minimum Gasteiger partial charge on any atom is -0.397 e. The standard InChI is InChI=1S/C8H18O2Si/c1-4-7-8-11(9-5-2)10-6-3/h4,11H,1,5-8H2,2-3H3. The van der Waals surface area contributed by atoms with Gasteiger partial charge in [-0.2, -0.15) is 0 Å². The molecule has 0 unspecified atom stereocenters. The van der Waals surface area contributed by atoms with Crippen LogP contribution in [0.5, 0.6) is 0 Å². The molecule has 0 heterocycles. The van der Waals surface area contributed by atoms with Crippen LogP contribution in [0, 0.1) is 0 Å². The highest BCUT2D eigenvalue weighted by Crippen LogP contribution is 2.01. The lowest BCUT2D eigenvalue weighted by Crippen LogP contribution is -2.22. The summed E-state index contributed by atoms with van der Waals surface area (Å²) in [7, 11) is -1.32. The first-order valence-corrected chi connectivity index (χ1v) is 5.95. The van der Waals surface area contributed by atoms with Crippen LogP contribution >= 0.6 is 0 Å². The number of rotatable bonds is 7. The molecule has 0 saturated heterocycles. The first-order chi connectivity index (χ1) is 5.35. The van der Waals surface area contributed by atoms with Gasteiger partial charge in [0.15, 0.2) is 0 Å². The highest BCUT2D eigenvalue weighted by Gasteiger charge is 2.09. The van der Waals surface area contributed by atoms with Gasteiger partial charge in [0.2, 0.25) is 0 Å². The Labute approximate surface area is 71.1 Å². The normalized spacial score (nSPS) is 10.5. The fraction of sp³-hybridized carbons (Fsp3) is 0.750. The van der Waals surface area contributed by atoms with Gasteiger partial charge in [0, 0.05) is 13.2 Å². The van der Waals surface area contributed by atoms with Gasteiger partial charge in [-0.3, -0.25) is 0 Å².